The lowest BCUT2D eigenvalue weighted by molar-refractivity contribution is -0.00245. The second-order valence-electron chi connectivity index (χ2n) is 5.42. The molecule has 6 heteroatoms. The first-order valence-electron chi connectivity index (χ1n) is 6.93. The highest BCUT2D eigenvalue weighted by molar-refractivity contribution is 7.13. The summed E-state index contributed by atoms with van der Waals surface area (Å²) in [4.78, 5) is 14.1. The second kappa shape index (κ2) is 5.54. The quantitative estimate of drug-likeness (QED) is 0.845. The minimum atomic E-state index is 0.00493. The van der Waals surface area contributed by atoms with Gasteiger partial charge in [-0.3, -0.25) is 4.79 Å². The molecule has 0 radical (unpaired) electrons. The monoisotopic (exact) mass is 281 g/mol. The molecule has 1 aromatic heterocycles. The van der Waals surface area contributed by atoms with Crippen LogP contribution in [0.3, 0.4) is 0 Å². The fourth-order valence-corrected chi connectivity index (χ4v) is 2.99. The third-order valence-corrected chi connectivity index (χ3v) is 4.47. The van der Waals surface area contributed by atoms with Crippen molar-refractivity contribution in [2.75, 3.05) is 19.7 Å². The van der Waals surface area contributed by atoms with Gasteiger partial charge in [0.2, 0.25) is 5.01 Å². The maximum absolute atomic E-state index is 12.3. The number of ether oxygens (including phenoxy) is 1. The molecule has 1 saturated carbocycles. The molecule has 1 aliphatic carbocycles. The van der Waals surface area contributed by atoms with Gasteiger partial charge in [-0.05, 0) is 38.5 Å². The molecular formula is C13H19N3O2S. The summed E-state index contributed by atoms with van der Waals surface area (Å²) in [5.74, 6) is 0.780. The zero-order chi connectivity index (χ0) is 13.2. The van der Waals surface area contributed by atoms with Crippen molar-refractivity contribution in [2.45, 2.75) is 38.7 Å². The van der Waals surface area contributed by atoms with E-state index in [1.165, 1.54) is 24.2 Å². The number of aryl methyl sites for hydroxylation is 1. The minimum absolute atomic E-state index is 0.00493. The van der Waals surface area contributed by atoms with Gasteiger partial charge in [-0.15, -0.1) is 10.2 Å². The average Bonchev–Trinajstić information content (AvgIpc) is 3.16. The van der Waals surface area contributed by atoms with Crippen LogP contribution in [0.5, 0.6) is 0 Å². The minimum Gasteiger partial charge on any atom is -0.376 e. The van der Waals surface area contributed by atoms with Crippen molar-refractivity contribution < 1.29 is 9.53 Å². The van der Waals surface area contributed by atoms with Crippen molar-refractivity contribution in [1.82, 2.24) is 15.1 Å². The van der Waals surface area contributed by atoms with E-state index in [4.69, 9.17) is 4.74 Å². The van der Waals surface area contributed by atoms with Crippen molar-refractivity contribution in [3.8, 4) is 0 Å². The molecular weight excluding hydrogens is 262 g/mol. The maximum atomic E-state index is 12.3. The SMILES string of the molecule is Cc1nnc(C(=O)N2CCCC(OCC3CC3)C2)s1. The molecule has 1 aromatic rings. The van der Waals surface area contributed by atoms with Gasteiger partial charge in [-0.25, -0.2) is 0 Å². The van der Waals surface area contributed by atoms with Gasteiger partial charge < -0.3 is 9.64 Å². The third kappa shape index (κ3) is 3.30. The van der Waals surface area contributed by atoms with E-state index in [0.717, 1.165) is 36.9 Å². The zero-order valence-corrected chi connectivity index (χ0v) is 12.0. The maximum Gasteiger partial charge on any atom is 0.284 e. The van der Waals surface area contributed by atoms with Gasteiger partial charge in [0.1, 0.15) is 5.01 Å². The molecule has 1 saturated heterocycles. The van der Waals surface area contributed by atoms with Crippen LogP contribution in [-0.4, -0.2) is 46.8 Å². The molecule has 5 nitrogen and oxygen atoms in total. The van der Waals surface area contributed by atoms with E-state index in [0.29, 0.717) is 11.6 Å². The van der Waals surface area contributed by atoms with Gasteiger partial charge >= 0.3 is 0 Å². The zero-order valence-electron chi connectivity index (χ0n) is 11.2. The standard InChI is InChI=1S/C13H19N3O2S/c1-9-14-15-12(19-9)13(17)16-6-2-3-11(7-16)18-8-10-4-5-10/h10-11H,2-8H2,1H3. The van der Waals surface area contributed by atoms with Crippen LogP contribution < -0.4 is 0 Å². The number of amides is 1. The number of carbonyl (C=O) groups is 1. The van der Waals surface area contributed by atoms with Crippen LogP contribution in [0.25, 0.3) is 0 Å². The van der Waals surface area contributed by atoms with Crippen molar-refractivity contribution >= 4 is 17.2 Å². The van der Waals surface area contributed by atoms with Crippen molar-refractivity contribution in [3.63, 3.8) is 0 Å². The predicted octanol–water partition coefficient (Wildman–Crippen LogP) is 1.88. The Hall–Kier alpha value is -1.01. The number of hydrogen-bond donors (Lipinski definition) is 0. The summed E-state index contributed by atoms with van der Waals surface area (Å²) in [6, 6.07) is 0. The van der Waals surface area contributed by atoms with Gasteiger partial charge in [0.15, 0.2) is 0 Å². The van der Waals surface area contributed by atoms with Gasteiger partial charge in [0.05, 0.1) is 6.10 Å². The molecule has 2 fully saturated rings. The lowest BCUT2D eigenvalue weighted by Gasteiger charge is -2.32. The lowest BCUT2D eigenvalue weighted by Crippen LogP contribution is -2.43. The van der Waals surface area contributed by atoms with Crippen molar-refractivity contribution in [2.24, 2.45) is 5.92 Å². The number of rotatable bonds is 4. The van der Waals surface area contributed by atoms with Crippen LogP contribution in [0.1, 0.15) is 40.5 Å². The van der Waals surface area contributed by atoms with Gasteiger partial charge in [-0.1, -0.05) is 11.3 Å². The van der Waals surface area contributed by atoms with Gasteiger partial charge in [0.25, 0.3) is 5.91 Å². The molecule has 0 N–H and O–H groups in total. The Bertz CT molecular complexity index is 458. The molecule has 3 rings (SSSR count). The number of piperidine rings is 1. The van der Waals surface area contributed by atoms with E-state index in [1.807, 2.05) is 11.8 Å². The summed E-state index contributed by atoms with van der Waals surface area (Å²) in [6.07, 6.45) is 4.89. The number of nitrogens with zero attached hydrogens (tertiary/aromatic N) is 3. The molecule has 1 unspecified atom stereocenters. The summed E-state index contributed by atoms with van der Waals surface area (Å²) in [5, 5.41) is 9.18. The number of likely N-dealkylation sites (tertiary alicyclic amines) is 1. The summed E-state index contributed by atoms with van der Waals surface area (Å²) >= 11 is 1.36. The summed E-state index contributed by atoms with van der Waals surface area (Å²) in [7, 11) is 0. The molecule has 1 amide bonds. The molecule has 2 heterocycles. The van der Waals surface area contributed by atoms with Crippen LogP contribution in [0, 0.1) is 12.8 Å². The Balaban J connectivity index is 1.55. The second-order valence-corrected chi connectivity index (χ2v) is 6.60. The molecule has 1 atom stereocenters. The predicted molar refractivity (Wildman–Crippen MR) is 72.2 cm³/mol. The van der Waals surface area contributed by atoms with E-state index < -0.39 is 0 Å². The first-order chi connectivity index (χ1) is 9.22. The van der Waals surface area contributed by atoms with Crippen LogP contribution in [-0.2, 0) is 4.74 Å². The van der Waals surface area contributed by atoms with E-state index in [9.17, 15) is 4.79 Å². The Morgan fingerprint density at radius 2 is 2.26 bits per heavy atom. The van der Waals surface area contributed by atoms with Crippen LogP contribution in [0.15, 0.2) is 0 Å². The lowest BCUT2D eigenvalue weighted by atomic mass is 10.1. The average molecular weight is 281 g/mol. The van der Waals surface area contributed by atoms with E-state index >= 15 is 0 Å². The normalized spacial score (nSPS) is 23.6. The highest BCUT2D eigenvalue weighted by Crippen LogP contribution is 2.30. The fraction of sp³-hybridized carbons (Fsp3) is 0.769. The molecule has 19 heavy (non-hydrogen) atoms. The summed E-state index contributed by atoms with van der Waals surface area (Å²) in [6.45, 7) is 4.24. The number of aromatic nitrogens is 2. The fourth-order valence-electron chi connectivity index (χ4n) is 2.33. The Morgan fingerprint density at radius 3 is 2.95 bits per heavy atom. The molecule has 104 valence electrons. The largest absolute Gasteiger partial charge is 0.376 e. The Kier molecular flexibility index (Phi) is 3.79. The van der Waals surface area contributed by atoms with Gasteiger partial charge in [0, 0.05) is 19.7 Å². The van der Waals surface area contributed by atoms with E-state index in [2.05, 4.69) is 10.2 Å². The van der Waals surface area contributed by atoms with E-state index in [1.54, 1.807) is 0 Å². The highest BCUT2D eigenvalue weighted by Gasteiger charge is 2.29. The Labute approximate surface area is 117 Å². The number of hydrogen-bond acceptors (Lipinski definition) is 5. The highest BCUT2D eigenvalue weighted by atomic mass is 32.1. The Morgan fingerprint density at radius 1 is 1.42 bits per heavy atom. The third-order valence-electron chi connectivity index (χ3n) is 3.64. The molecule has 0 spiro atoms. The van der Waals surface area contributed by atoms with Gasteiger partial charge in [-0.2, -0.15) is 0 Å². The molecule has 0 bridgehead atoms. The molecule has 1 aliphatic heterocycles. The van der Waals surface area contributed by atoms with Crippen LogP contribution in [0.4, 0.5) is 0 Å². The van der Waals surface area contributed by atoms with Crippen molar-refractivity contribution in [1.29, 1.82) is 0 Å². The number of carbonyl (C=O) groups excluding carboxylic acids is 1. The van der Waals surface area contributed by atoms with Crippen LogP contribution in [0.2, 0.25) is 0 Å². The first-order valence-corrected chi connectivity index (χ1v) is 7.75. The van der Waals surface area contributed by atoms with E-state index in [-0.39, 0.29) is 12.0 Å². The summed E-state index contributed by atoms with van der Waals surface area (Å²) in [5.41, 5.74) is 0. The molecule has 0 aromatic carbocycles. The molecule has 2 aliphatic rings. The topological polar surface area (TPSA) is 55.3 Å². The first kappa shape index (κ1) is 13.0. The van der Waals surface area contributed by atoms with Crippen molar-refractivity contribution in [3.05, 3.63) is 10.0 Å². The van der Waals surface area contributed by atoms with Crippen LogP contribution >= 0.6 is 11.3 Å². The summed E-state index contributed by atoms with van der Waals surface area (Å²) < 4.78 is 5.90. The smallest absolute Gasteiger partial charge is 0.284 e.